The van der Waals surface area contributed by atoms with Gasteiger partial charge in [0.05, 0.1) is 0 Å². The summed E-state index contributed by atoms with van der Waals surface area (Å²) in [6, 6.07) is 3.25. The van der Waals surface area contributed by atoms with E-state index in [0.29, 0.717) is 4.90 Å². The molecule has 3 nitrogen and oxygen atoms in total. The second kappa shape index (κ2) is 4.21. The fourth-order valence-corrected chi connectivity index (χ4v) is 1.01. The SMILES string of the molecule is CCCNn1ccc(S)cc1=O. The first-order valence-electron chi connectivity index (χ1n) is 3.89. The van der Waals surface area contributed by atoms with Crippen molar-refractivity contribution in [2.24, 2.45) is 0 Å². The molecule has 1 heterocycles. The lowest BCUT2D eigenvalue weighted by Crippen LogP contribution is -2.28. The molecule has 0 amide bonds. The monoisotopic (exact) mass is 184 g/mol. The Bertz CT molecular complexity index is 308. The fourth-order valence-electron chi connectivity index (χ4n) is 0.831. The highest BCUT2D eigenvalue weighted by atomic mass is 32.1. The first-order valence-corrected chi connectivity index (χ1v) is 4.34. The number of thiol groups is 1. The number of pyridine rings is 1. The van der Waals surface area contributed by atoms with E-state index >= 15 is 0 Å². The lowest BCUT2D eigenvalue weighted by molar-refractivity contribution is 0.774. The van der Waals surface area contributed by atoms with Gasteiger partial charge in [-0.2, -0.15) is 0 Å². The van der Waals surface area contributed by atoms with Gasteiger partial charge < -0.3 is 5.43 Å². The molecule has 4 heteroatoms. The molecule has 0 aromatic carbocycles. The van der Waals surface area contributed by atoms with Crippen molar-refractivity contribution in [1.29, 1.82) is 0 Å². The van der Waals surface area contributed by atoms with Gasteiger partial charge in [0.2, 0.25) is 0 Å². The highest BCUT2D eigenvalue weighted by Gasteiger charge is 1.92. The lowest BCUT2D eigenvalue weighted by Gasteiger charge is -2.06. The maximum atomic E-state index is 11.2. The van der Waals surface area contributed by atoms with Crippen molar-refractivity contribution in [3.63, 3.8) is 0 Å². The quantitative estimate of drug-likeness (QED) is 0.690. The van der Waals surface area contributed by atoms with Crippen molar-refractivity contribution < 1.29 is 0 Å². The molecule has 1 aromatic heterocycles. The summed E-state index contributed by atoms with van der Waals surface area (Å²) in [7, 11) is 0. The Kier molecular flexibility index (Phi) is 3.22. The van der Waals surface area contributed by atoms with Crippen LogP contribution in [0, 0.1) is 0 Å². The van der Waals surface area contributed by atoms with E-state index in [0.717, 1.165) is 13.0 Å². The zero-order valence-corrected chi connectivity index (χ0v) is 7.84. The van der Waals surface area contributed by atoms with Gasteiger partial charge in [-0.1, -0.05) is 6.92 Å². The van der Waals surface area contributed by atoms with Crippen molar-refractivity contribution >= 4 is 12.6 Å². The van der Waals surface area contributed by atoms with Crippen molar-refractivity contribution in [2.75, 3.05) is 12.0 Å². The summed E-state index contributed by atoms with van der Waals surface area (Å²) in [5, 5.41) is 0. The topological polar surface area (TPSA) is 34.0 Å². The maximum absolute atomic E-state index is 11.2. The minimum atomic E-state index is -0.0732. The highest BCUT2D eigenvalue weighted by molar-refractivity contribution is 7.80. The van der Waals surface area contributed by atoms with Crippen molar-refractivity contribution in [1.82, 2.24) is 4.68 Å². The molecule has 0 aliphatic rings. The minimum Gasteiger partial charge on any atom is -0.323 e. The second-order valence-corrected chi connectivity index (χ2v) is 3.02. The minimum absolute atomic E-state index is 0.0732. The van der Waals surface area contributed by atoms with E-state index in [-0.39, 0.29) is 5.56 Å². The summed E-state index contributed by atoms with van der Waals surface area (Å²) in [6.07, 6.45) is 2.68. The normalized spacial score (nSPS) is 9.83. The van der Waals surface area contributed by atoms with Crippen molar-refractivity contribution in [2.45, 2.75) is 18.2 Å². The molecule has 1 aromatic rings. The zero-order chi connectivity index (χ0) is 8.97. The van der Waals surface area contributed by atoms with Gasteiger partial charge in [-0.15, -0.1) is 12.6 Å². The van der Waals surface area contributed by atoms with Gasteiger partial charge in [-0.3, -0.25) is 4.79 Å². The van der Waals surface area contributed by atoms with Crippen LogP contribution in [-0.4, -0.2) is 11.2 Å². The van der Waals surface area contributed by atoms with E-state index in [4.69, 9.17) is 0 Å². The molecule has 0 aliphatic heterocycles. The molecule has 0 aliphatic carbocycles. The molecule has 1 rings (SSSR count). The van der Waals surface area contributed by atoms with Crippen LogP contribution in [0.2, 0.25) is 0 Å². The van der Waals surface area contributed by atoms with Crippen LogP contribution in [0.25, 0.3) is 0 Å². The van der Waals surface area contributed by atoms with Crippen LogP contribution in [0.15, 0.2) is 28.0 Å². The predicted octanol–water partition coefficient (Wildman–Crippen LogP) is 1.09. The van der Waals surface area contributed by atoms with Gasteiger partial charge in [0.1, 0.15) is 0 Å². The number of rotatable bonds is 3. The van der Waals surface area contributed by atoms with Crippen LogP contribution in [-0.2, 0) is 0 Å². The van der Waals surface area contributed by atoms with Crippen LogP contribution in [0.3, 0.4) is 0 Å². The molecule has 0 radical (unpaired) electrons. The summed E-state index contributed by atoms with van der Waals surface area (Å²) in [4.78, 5) is 11.9. The smallest absolute Gasteiger partial charge is 0.269 e. The Hall–Kier alpha value is -0.900. The van der Waals surface area contributed by atoms with Gasteiger partial charge >= 0.3 is 0 Å². The van der Waals surface area contributed by atoms with Crippen molar-refractivity contribution in [3.05, 3.63) is 28.7 Å². The van der Waals surface area contributed by atoms with E-state index in [9.17, 15) is 4.79 Å². The van der Waals surface area contributed by atoms with Crippen molar-refractivity contribution in [3.8, 4) is 0 Å². The van der Waals surface area contributed by atoms with E-state index < -0.39 is 0 Å². The Morgan fingerprint density at radius 2 is 2.42 bits per heavy atom. The number of nitrogens with one attached hydrogen (secondary N) is 1. The molecular formula is C8H12N2OS. The van der Waals surface area contributed by atoms with Crippen LogP contribution >= 0.6 is 12.6 Å². The molecule has 0 saturated heterocycles. The third kappa shape index (κ3) is 2.30. The Balaban J connectivity index is 2.80. The highest BCUT2D eigenvalue weighted by Crippen LogP contribution is 1.97. The summed E-state index contributed by atoms with van der Waals surface area (Å²) < 4.78 is 1.46. The summed E-state index contributed by atoms with van der Waals surface area (Å²) in [5.74, 6) is 0. The van der Waals surface area contributed by atoms with Crippen LogP contribution < -0.4 is 11.0 Å². The largest absolute Gasteiger partial charge is 0.323 e. The summed E-state index contributed by atoms with van der Waals surface area (Å²) in [5.41, 5.74) is 2.89. The van der Waals surface area contributed by atoms with E-state index in [1.807, 2.05) is 6.92 Å². The molecule has 0 atom stereocenters. The van der Waals surface area contributed by atoms with E-state index in [2.05, 4.69) is 18.1 Å². The number of aromatic nitrogens is 1. The molecule has 0 saturated carbocycles. The Labute approximate surface area is 76.8 Å². The summed E-state index contributed by atoms with van der Waals surface area (Å²) in [6.45, 7) is 2.84. The lowest BCUT2D eigenvalue weighted by atomic mass is 10.5. The molecule has 1 N–H and O–H groups in total. The van der Waals surface area contributed by atoms with Gasteiger partial charge in [-0.05, 0) is 12.5 Å². The van der Waals surface area contributed by atoms with Gasteiger partial charge in [0, 0.05) is 23.7 Å². The molecular weight excluding hydrogens is 172 g/mol. The van der Waals surface area contributed by atoms with Gasteiger partial charge in [0.15, 0.2) is 0 Å². The standard InChI is InChI=1S/C8H12N2OS/c1-2-4-9-10-5-3-7(12)6-8(10)11/h3,5-6,9,12H,2,4H2,1H3. The number of hydrogen-bond acceptors (Lipinski definition) is 3. The molecule has 0 bridgehead atoms. The fraction of sp³-hybridized carbons (Fsp3) is 0.375. The van der Waals surface area contributed by atoms with E-state index in [1.54, 1.807) is 12.3 Å². The average molecular weight is 184 g/mol. The number of nitrogens with zero attached hydrogens (tertiary/aromatic N) is 1. The first-order chi connectivity index (χ1) is 5.74. The average Bonchev–Trinajstić information content (AvgIpc) is 2.03. The second-order valence-electron chi connectivity index (χ2n) is 2.50. The Morgan fingerprint density at radius 1 is 1.67 bits per heavy atom. The maximum Gasteiger partial charge on any atom is 0.269 e. The third-order valence-corrected chi connectivity index (χ3v) is 1.71. The van der Waals surface area contributed by atoms with Crippen LogP contribution in [0.5, 0.6) is 0 Å². The van der Waals surface area contributed by atoms with Crippen LogP contribution in [0.1, 0.15) is 13.3 Å². The molecule has 12 heavy (non-hydrogen) atoms. The molecule has 66 valence electrons. The van der Waals surface area contributed by atoms with Crippen LogP contribution in [0.4, 0.5) is 0 Å². The predicted molar refractivity (Wildman–Crippen MR) is 52.5 cm³/mol. The number of hydrogen-bond donors (Lipinski definition) is 2. The van der Waals surface area contributed by atoms with E-state index in [1.165, 1.54) is 10.7 Å². The molecule has 0 spiro atoms. The molecule has 0 fully saturated rings. The third-order valence-electron chi connectivity index (χ3n) is 1.44. The first kappa shape index (κ1) is 9.19. The van der Waals surface area contributed by atoms with Gasteiger partial charge in [-0.25, -0.2) is 4.68 Å². The zero-order valence-electron chi connectivity index (χ0n) is 6.95. The van der Waals surface area contributed by atoms with Gasteiger partial charge in [0.25, 0.3) is 5.56 Å². The Morgan fingerprint density at radius 3 is 3.00 bits per heavy atom. The molecule has 0 unspecified atom stereocenters. The summed E-state index contributed by atoms with van der Waals surface area (Å²) >= 11 is 4.05.